The van der Waals surface area contributed by atoms with Crippen LogP contribution in [0.1, 0.15) is 67.1 Å². The molecule has 0 saturated heterocycles. The largest absolute Gasteiger partial charge is 0.457 e. The highest BCUT2D eigenvalue weighted by atomic mass is 16.7. The Morgan fingerprint density at radius 2 is 1.85 bits per heavy atom. The summed E-state index contributed by atoms with van der Waals surface area (Å²) in [6.07, 6.45) is 9.55. The Labute approximate surface area is 164 Å². The molecule has 1 heterocycles. The molecule has 2 N–H and O–H groups in total. The van der Waals surface area contributed by atoms with Gasteiger partial charge in [0.15, 0.2) is 0 Å². The Balaban J connectivity index is 1.49. The highest BCUT2D eigenvalue weighted by Crippen LogP contribution is 2.68. The zero-order chi connectivity index (χ0) is 19.9. The van der Waals surface area contributed by atoms with Crippen molar-refractivity contribution in [3.63, 3.8) is 0 Å². The van der Waals surface area contributed by atoms with Gasteiger partial charge in [0, 0.05) is 12.8 Å². The molecule has 150 valence electrons. The molecule has 27 heavy (non-hydrogen) atoms. The first kappa shape index (κ1) is 16.9. The standard InChI is InChI=1S/C23H34O4/c1-21-9-8-15(24)12-14(21)4-5-16-17-6-7-19(23(3)26-10-11-27-23)22(17,2)13-18(25)20(16)21/h4,10-11,15-20,24-25H,5-9,12-13H2,1-3H3/t15-,16?,17?,18-,19-,20?,21-,22-/m0/s1/i15D. The van der Waals surface area contributed by atoms with Gasteiger partial charge >= 0.3 is 0 Å². The molecule has 4 nitrogen and oxygen atoms in total. The van der Waals surface area contributed by atoms with E-state index >= 15 is 0 Å². The van der Waals surface area contributed by atoms with Crippen LogP contribution >= 0.6 is 0 Å². The van der Waals surface area contributed by atoms with E-state index in [4.69, 9.17) is 10.8 Å². The fraction of sp³-hybridized carbons (Fsp3) is 0.826. The second kappa shape index (κ2) is 5.76. The number of ether oxygens (including phenoxy) is 2. The summed E-state index contributed by atoms with van der Waals surface area (Å²) in [5, 5.41) is 21.8. The molecule has 0 amide bonds. The number of aliphatic hydroxyl groups is 2. The van der Waals surface area contributed by atoms with Crippen LogP contribution in [0, 0.1) is 34.5 Å². The maximum atomic E-state index is 11.5. The maximum Gasteiger partial charge on any atom is 0.250 e. The summed E-state index contributed by atoms with van der Waals surface area (Å²) in [5.74, 6) is 0.849. The maximum absolute atomic E-state index is 11.5. The highest BCUT2D eigenvalue weighted by molar-refractivity contribution is 5.26. The number of rotatable bonds is 1. The van der Waals surface area contributed by atoms with Gasteiger partial charge in [0.25, 0.3) is 0 Å². The van der Waals surface area contributed by atoms with Crippen LogP contribution in [0.4, 0.5) is 0 Å². The molecule has 0 aromatic heterocycles. The van der Waals surface area contributed by atoms with Crippen LogP contribution in [0.5, 0.6) is 0 Å². The topological polar surface area (TPSA) is 58.9 Å². The van der Waals surface area contributed by atoms with E-state index in [1.54, 1.807) is 12.5 Å². The fourth-order valence-corrected chi connectivity index (χ4v) is 8.00. The molecule has 4 aliphatic carbocycles. The highest BCUT2D eigenvalue weighted by Gasteiger charge is 2.65. The molecular formula is C23H34O4. The van der Waals surface area contributed by atoms with Crippen LogP contribution in [0.3, 0.4) is 0 Å². The van der Waals surface area contributed by atoms with Crippen molar-refractivity contribution in [2.75, 3.05) is 0 Å². The van der Waals surface area contributed by atoms with E-state index in [2.05, 4.69) is 19.9 Å². The first-order valence-electron chi connectivity index (χ1n) is 11.2. The minimum Gasteiger partial charge on any atom is -0.457 e. The summed E-state index contributed by atoms with van der Waals surface area (Å²) in [6, 6.07) is 0. The predicted molar refractivity (Wildman–Crippen MR) is 102 cm³/mol. The summed E-state index contributed by atoms with van der Waals surface area (Å²) in [5.41, 5.74) is 1.10. The smallest absolute Gasteiger partial charge is 0.250 e. The molecule has 0 aromatic carbocycles. The normalized spacial score (nSPS) is 56.1. The van der Waals surface area contributed by atoms with Gasteiger partial charge in [-0.3, -0.25) is 0 Å². The number of fused-ring (bicyclic) bond motifs is 5. The van der Waals surface area contributed by atoms with E-state index in [1.807, 2.05) is 6.92 Å². The molecule has 0 aromatic rings. The van der Waals surface area contributed by atoms with Gasteiger partial charge in [-0.15, -0.1) is 0 Å². The predicted octanol–water partition coefficient (Wildman–Crippen LogP) is 4.13. The molecule has 3 saturated carbocycles. The first-order valence-corrected chi connectivity index (χ1v) is 10.7. The SMILES string of the molecule is [2H][C@]1(O)CC[C@@]2(C)C(=CCC3C2[C@@H](O)C[C@@]2(C)C3CC[C@@H]2C2(C)OC=CO2)C1. The lowest BCUT2D eigenvalue weighted by atomic mass is 9.46. The van der Waals surface area contributed by atoms with Crippen LogP contribution in [-0.4, -0.2) is 28.2 Å². The van der Waals surface area contributed by atoms with Crippen LogP contribution in [-0.2, 0) is 9.47 Å². The summed E-state index contributed by atoms with van der Waals surface area (Å²) < 4.78 is 19.9. The van der Waals surface area contributed by atoms with Crippen LogP contribution < -0.4 is 0 Å². The van der Waals surface area contributed by atoms with E-state index < -0.39 is 11.9 Å². The van der Waals surface area contributed by atoms with Gasteiger partial charge in [0.05, 0.1) is 13.6 Å². The average molecular weight is 376 g/mol. The van der Waals surface area contributed by atoms with Crippen molar-refractivity contribution in [3.05, 3.63) is 24.2 Å². The number of hydrogen-bond donors (Lipinski definition) is 2. The first-order chi connectivity index (χ1) is 13.1. The summed E-state index contributed by atoms with van der Waals surface area (Å²) in [6.45, 7) is 6.66. The van der Waals surface area contributed by atoms with Gasteiger partial charge < -0.3 is 19.7 Å². The number of aliphatic hydroxyl groups excluding tert-OH is 1. The molecule has 0 spiro atoms. The summed E-state index contributed by atoms with van der Waals surface area (Å²) >= 11 is 0. The number of hydrogen-bond acceptors (Lipinski definition) is 4. The zero-order valence-electron chi connectivity index (χ0n) is 17.8. The summed E-state index contributed by atoms with van der Waals surface area (Å²) in [7, 11) is 0. The van der Waals surface area contributed by atoms with Crippen molar-refractivity contribution in [2.45, 2.75) is 83.7 Å². The molecule has 5 aliphatic rings. The quantitative estimate of drug-likeness (QED) is 0.677. The lowest BCUT2D eigenvalue weighted by molar-refractivity contribution is -0.214. The zero-order valence-corrected chi connectivity index (χ0v) is 16.8. The van der Waals surface area contributed by atoms with Crippen LogP contribution in [0.15, 0.2) is 24.2 Å². The van der Waals surface area contributed by atoms with Gasteiger partial charge in [-0.2, -0.15) is 0 Å². The fourth-order valence-electron chi connectivity index (χ4n) is 8.00. The average Bonchev–Trinajstić information content (AvgIpc) is 3.19. The molecule has 1 aliphatic heterocycles. The lowest BCUT2D eigenvalue weighted by Crippen LogP contribution is -2.58. The van der Waals surface area contributed by atoms with E-state index in [0.717, 1.165) is 32.1 Å². The molecule has 3 unspecified atom stereocenters. The summed E-state index contributed by atoms with van der Waals surface area (Å²) in [4.78, 5) is 0. The molecule has 0 bridgehead atoms. The van der Waals surface area contributed by atoms with Crippen LogP contribution in [0.2, 0.25) is 0 Å². The van der Waals surface area contributed by atoms with E-state index in [1.165, 1.54) is 5.57 Å². The third-order valence-corrected chi connectivity index (χ3v) is 9.18. The molecule has 0 radical (unpaired) electrons. The van der Waals surface area contributed by atoms with Crippen LogP contribution in [0.25, 0.3) is 0 Å². The van der Waals surface area contributed by atoms with Crippen molar-refractivity contribution >= 4 is 0 Å². The van der Waals surface area contributed by atoms with Gasteiger partial charge in [0.2, 0.25) is 5.79 Å². The molecule has 8 atom stereocenters. The molecule has 4 heteroatoms. The van der Waals surface area contributed by atoms with Crippen molar-refractivity contribution < 1.29 is 21.1 Å². The lowest BCUT2D eigenvalue weighted by Gasteiger charge is -2.60. The monoisotopic (exact) mass is 375 g/mol. The van der Waals surface area contributed by atoms with Gasteiger partial charge in [-0.05, 0) is 73.5 Å². The second-order valence-corrected chi connectivity index (χ2v) is 10.4. The third-order valence-electron chi connectivity index (χ3n) is 9.18. The molecular weight excluding hydrogens is 340 g/mol. The minimum absolute atomic E-state index is 0.00607. The second-order valence-electron chi connectivity index (χ2n) is 10.4. The number of allylic oxidation sites excluding steroid dienone is 1. The molecule has 5 rings (SSSR count). The molecule has 3 fully saturated rings. The van der Waals surface area contributed by atoms with Gasteiger partial charge in [-0.25, -0.2) is 0 Å². The Morgan fingerprint density at radius 3 is 2.59 bits per heavy atom. The Hall–Kier alpha value is -1.00. The minimum atomic E-state index is -1.34. The van der Waals surface area contributed by atoms with Gasteiger partial charge in [0.1, 0.15) is 12.5 Å². The Morgan fingerprint density at radius 1 is 1.11 bits per heavy atom. The Bertz CT molecular complexity index is 722. The van der Waals surface area contributed by atoms with Crippen molar-refractivity contribution in [1.82, 2.24) is 0 Å². The van der Waals surface area contributed by atoms with Crippen molar-refractivity contribution in [1.29, 1.82) is 0 Å². The van der Waals surface area contributed by atoms with E-state index in [-0.39, 0.29) is 28.8 Å². The third kappa shape index (κ3) is 2.35. The van der Waals surface area contributed by atoms with E-state index in [0.29, 0.717) is 24.7 Å². The van der Waals surface area contributed by atoms with E-state index in [9.17, 15) is 10.2 Å². The van der Waals surface area contributed by atoms with Gasteiger partial charge in [-0.1, -0.05) is 25.5 Å². The van der Waals surface area contributed by atoms with Crippen molar-refractivity contribution in [3.8, 4) is 0 Å². The van der Waals surface area contributed by atoms with Crippen molar-refractivity contribution in [2.24, 2.45) is 34.5 Å². The Kier molecular flexibility index (Phi) is 3.61.